The van der Waals surface area contributed by atoms with Crippen molar-refractivity contribution in [1.82, 2.24) is 5.32 Å². The molecule has 1 aliphatic rings. The maximum atomic E-state index is 12.1. The lowest BCUT2D eigenvalue weighted by molar-refractivity contribution is -0.124. The number of fused-ring (bicyclic) bond motifs is 1. The first-order chi connectivity index (χ1) is 12.0. The summed E-state index contributed by atoms with van der Waals surface area (Å²) >= 11 is 11.9. The van der Waals surface area contributed by atoms with E-state index < -0.39 is 5.60 Å². The van der Waals surface area contributed by atoms with Gasteiger partial charge in [-0.05, 0) is 29.3 Å². The summed E-state index contributed by atoms with van der Waals surface area (Å²) in [5, 5.41) is 3.79. The third-order valence-corrected chi connectivity index (χ3v) is 4.97. The highest BCUT2D eigenvalue weighted by Gasteiger charge is 2.37. The molecule has 0 aliphatic heterocycles. The van der Waals surface area contributed by atoms with Crippen LogP contribution < -0.4 is 10.1 Å². The minimum Gasteiger partial charge on any atom is -0.482 e. The number of halogens is 2. The first-order valence-corrected chi connectivity index (χ1v) is 8.73. The molecular weight excluding hydrogens is 361 g/mol. The summed E-state index contributed by atoms with van der Waals surface area (Å²) in [5.41, 5.74) is 2.13. The van der Waals surface area contributed by atoms with Gasteiger partial charge in [-0.2, -0.15) is 0 Å². The highest BCUT2D eigenvalue weighted by Crippen LogP contribution is 2.32. The van der Waals surface area contributed by atoms with E-state index in [1.54, 1.807) is 25.3 Å². The number of methoxy groups -OCH3 is 1. The smallest absolute Gasteiger partial charge is 0.258 e. The normalized spacial score (nSPS) is 14.8. The number of rotatable bonds is 6. The van der Waals surface area contributed by atoms with E-state index in [9.17, 15) is 4.79 Å². The first kappa shape index (κ1) is 18.1. The predicted molar refractivity (Wildman–Crippen MR) is 98.6 cm³/mol. The fourth-order valence-electron chi connectivity index (χ4n) is 3.05. The Labute approximate surface area is 157 Å². The molecule has 0 unspecified atom stereocenters. The molecule has 0 bridgehead atoms. The van der Waals surface area contributed by atoms with E-state index in [1.165, 1.54) is 11.1 Å². The van der Waals surface area contributed by atoms with E-state index in [1.807, 2.05) is 12.1 Å². The summed E-state index contributed by atoms with van der Waals surface area (Å²) in [4.78, 5) is 12.1. The zero-order chi connectivity index (χ0) is 17.9. The molecule has 2 aromatic carbocycles. The summed E-state index contributed by atoms with van der Waals surface area (Å²) in [5.74, 6) is 0.203. The lowest BCUT2D eigenvalue weighted by Crippen LogP contribution is -2.46. The summed E-state index contributed by atoms with van der Waals surface area (Å²) in [7, 11) is 1.68. The van der Waals surface area contributed by atoms with Gasteiger partial charge in [-0.15, -0.1) is 0 Å². The summed E-state index contributed by atoms with van der Waals surface area (Å²) < 4.78 is 11.2. The quantitative estimate of drug-likeness (QED) is 0.832. The van der Waals surface area contributed by atoms with Crippen molar-refractivity contribution in [3.8, 4) is 5.75 Å². The third-order valence-electron chi connectivity index (χ3n) is 4.44. The Morgan fingerprint density at radius 3 is 2.44 bits per heavy atom. The van der Waals surface area contributed by atoms with Gasteiger partial charge in [-0.25, -0.2) is 0 Å². The van der Waals surface area contributed by atoms with E-state index in [4.69, 9.17) is 32.7 Å². The molecule has 0 saturated heterocycles. The number of benzene rings is 2. The van der Waals surface area contributed by atoms with Crippen LogP contribution in [0.4, 0.5) is 0 Å². The number of hydrogen-bond donors (Lipinski definition) is 1. The molecule has 0 fully saturated rings. The molecular formula is C19H19Cl2NO3. The zero-order valence-electron chi connectivity index (χ0n) is 13.9. The van der Waals surface area contributed by atoms with Crippen molar-refractivity contribution in [2.24, 2.45) is 0 Å². The van der Waals surface area contributed by atoms with Crippen molar-refractivity contribution < 1.29 is 14.3 Å². The van der Waals surface area contributed by atoms with Gasteiger partial charge < -0.3 is 14.8 Å². The van der Waals surface area contributed by atoms with Crippen LogP contribution in [0.3, 0.4) is 0 Å². The van der Waals surface area contributed by atoms with Crippen molar-refractivity contribution >= 4 is 29.1 Å². The number of carbonyl (C=O) groups is 1. The highest BCUT2D eigenvalue weighted by molar-refractivity contribution is 6.35. The van der Waals surface area contributed by atoms with Gasteiger partial charge in [0.05, 0.1) is 10.6 Å². The lowest BCUT2D eigenvalue weighted by atomic mass is 10.00. The maximum absolute atomic E-state index is 12.1. The third kappa shape index (κ3) is 4.27. The lowest BCUT2D eigenvalue weighted by Gasteiger charge is -2.27. The van der Waals surface area contributed by atoms with Gasteiger partial charge in [0, 0.05) is 31.5 Å². The molecule has 1 N–H and O–H groups in total. The SMILES string of the molecule is COC1(CNC(=O)COc2ccc(Cl)cc2Cl)Cc2ccccc2C1. The Bertz CT molecular complexity index is 754. The molecule has 0 aromatic heterocycles. The minimum absolute atomic E-state index is 0.117. The van der Waals surface area contributed by atoms with Crippen molar-refractivity contribution in [3.63, 3.8) is 0 Å². The van der Waals surface area contributed by atoms with Gasteiger partial charge >= 0.3 is 0 Å². The van der Waals surface area contributed by atoms with Crippen LogP contribution in [0.1, 0.15) is 11.1 Å². The molecule has 3 rings (SSSR count). The average Bonchev–Trinajstić information content (AvgIpc) is 2.98. The van der Waals surface area contributed by atoms with Crippen molar-refractivity contribution in [1.29, 1.82) is 0 Å². The monoisotopic (exact) mass is 379 g/mol. The number of carbonyl (C=O) groups excluding carboxylic acids is 1. The number of nitrogens with one attached hydrogen (secondary N) is 1. The summed E-state index contributed by atoms with van der Waals surface area (Å²) in [6.45, 7) is 0.308. The van der Waals surface area contributed by atoms with E-state index in [0.29, 0.717) is 22.3 Å². The molecule has 6 heteroatoms. The van der Waals surface area contributed by atoms with Crippen LogP contribution in [0.5, 0.6) is 5.75 Å². The fraction of sp³-hybridized carbons (Fsp3) is 0.316. The molecule has 0 spiro atoms. The summed E-state index contributed by atoms with van der Waals surface area (Å²) in [6, 6.07) is 13.1. The Morgan fingerprint density at radius 1 is 1.16 bits per heavy atom. The average molecular weight is 380 g/mol. The van der Waals surface area contributed by atoms with Crippen molar-refractivity contribution in [2.75, 3.05) is 20.3 Å². The molecule has 25 heavy (non-hydrogen) atoms. The van der Waals surface area contributed by atoms with E-state index in [2.05, 4.69) is 17.4 Å². The second-order valence-corrected chi connectivity index (χ2v) is 6.99. The van der Waals surface area contributed by atoms with Gasteiger partial charge in [-0.3, -0.25) is 4.79 Å². The van der Waals surface area contributed by atoms with E-state index in [-0.39, 0.29) is 12.5 Å². The molecule has 132 valence electrons. The van der Waals surface area contributed by atoms with Gasteiger partial charge in [-0.1, -0.05) is 47.5 Å². The number of amides is 1. The van der Waals surface area contributed by atoms with Crippen molar-refractivity contribution in [3.05, 3.63) is 63.6 Å². The van der Waals surface area contributed by atoms with E-state index >= 15 is 0 Å². The minimum atomic E-state index is -0.405. The first-order valence-electron chi connectivity index (χ1n) is 7.98. The van der Waals surface area contributed by atoms with Crippen LogP contribution in [0.15, 0.2) is 42.5 Å². The Hall–Kier alpha value is -1.75. The highest BCUT2D eigenvalue weighted by atomic mass is 35.5. The van der Waals surface area contributed by atoms with Gasteiger partial charge in [0.2, 0.25) is 0 Å². The largest absolute Gasteiger partial charge is 0.482 e. The number of ether oxygens (including phenoxy) is 2. The van der Waals surface area contributed by atoms with Gasteiger partial charge in [0.15, 0.2) is 6.61 Å². The standard InChI is InChI=1S/C19H19Cl2NO3/c1-24-19(9-13-4-2-3-5-14(13)10-19)12-22-18(23)11-25-17-7-6-15(20)8-16(17)21/h2-8H,9-12H2,1H3,(H,22,23). The molecule has 0 saturated carbocycles. The predicted octanol–water partition coefficient (Wildman–Crippen LogP) is 3.67. The molecule has 0 radical (unpaired) electrons. The molecule has 1 amide bonds. The Kier molecular flexibility index (Phi) is 5.52. The fourth-order valence-corrected chi connectivity index (χ4v) is 3.51. The molecule has 4 nitrogen and oxygen atoms in total. The van der Waals surface area contributed by atoms with Gasteiger partial charge in [0.1, 0.15) is 5.75 Å². The Balaban J connectivity index is 1.53. The topological polar surface area (TPSA) is 47.6 Å². The van der Waals surface area contributed by atoms with Crippen LogP contribution in [0.2, 0.25) is 10.0 Å². The van der Waals surface area contributed by atoms with Crippen LogP contribution in [0.25, 0.3) is 0 Å². The van der Waals surface area contributed by atoms with Gasteiger partial charge in [0.25, 0.3) is 5.91 Å². The van der Waals surface area contributed by atoms with Crippen LogP contribution in [-0.4, -0.2) is 31.8 Å². The number of hydrogen-bond acceptors (Lipinski definition) is 3. The summed E-state index contributed by atoms with van der Waals surface area (Å²) in [6.07, 6.45) is 1.56. The molecule has 0 heterocycles. The second-order valence-electron chi connectivity index (χ2n) is 6.15. The Morgan fingerprint density at radius 2 is 1.84 bits per heavy atom. The second kappa shape index (κ2) is 7.65. The zero-order valence-corrected chi connectivity index (χ0v) is 15.4. The van der Waals surface area contributed by atoms with Crippen LogP contribution >= 0.6 is 23.2 Å². The molecule has 1 aliphatic carbocycles. The van der Waals surface area contributed by atoms with Crippen LogP contribution in [0, 0.1) is 0 Å². The molecule has 2 aromatic rings. The van der Waals surface area contributed by atoms with E-state index in [0.717, 1.165) is 12.8 Å². The molecule has 0 atom stereocenters. The van der Waals surface area contributed by atoms with Crippen LogP contribution in [-0.2, 0) is 22.4 Å². The maximum Gasteiger partial charge on any atom is 0.258 e. The van der Waals surface area contributed by atoms with Crippen molar-refractivity contribution in [2.45, 2.75) is 18.4 Å².